The molecule has 1 saturated heterocycles. The molecule has 0 unspecified atom stereocenters. The van der Waals surface area contributed by atoms with Gasteiger partial charge in [-0.05, 0) is 37.5 Å². The molecule has 1 N–H and O–H groups in total. The number of carbonyl (C=O) groups excluding carboxylic acids is 1. The summed E-state index contributed by atoms with van der Waals surface area (Å²) in [5, 5.41) is 3.51. The highest BCUT2D eigenvalue weighted by Gasteiger charge is 2.36. The maximum absolute atomic E-state index is 12.3. The van der Waals surface area contributed by atoms with E-state index in [-0.39, 0.29) is 11.9 Å². The number of rotatable bonds is 4. The third-order valence-electron chi connectivity index (χ3n) is 3.66. The van der Waals surface area contributed by atoms with Crippen molar-refractivity contribution < 1.29 is 13.2 Å². The molecule has 2 rings (SSSR count). The van der Waals surface area contributed by atoms with E-state index < -0.39 is 16.1 Å². The molecule has 1 fully saturated rings. The van der Waals surface area contributed by atoms with Crippen LogP contribution in [0.4, 0.5) is 0 Å². The summed E-state index contributed by atoms with van der Waals surface area (Å²) in [5.41, 5.74) is 0.927. The number of benzene rings is 1. The van der Waals surface area contributed by atoms with Crippen molar-refractivity contribution in [1.82, 2.24) is 9.62 Å². The van der Waals surface area contributed by atoms with Gasteiger partial charge in [-0.3, -0.25) is 4.79 Å². The molecule has 0 aliphatic carbocycles. The zero-order chi connectivity index (χ0) is 15.6. The van der Waals surface area contributed by atoms with E-state index >= 15 is 0 Å². The summed E-state index contributed by atoms with van der Waals surface area (Å²) in [5.74, 6) is -0.250. The Labute approximate surface area is 130 Å². The normalized spacial score (nSPS) is 21.2. The van der Waals surface area contributed by atoms with Gasteiger partial charge in [0.2, 0.25) is 15.9 Å². The highest BCUT2D eigenvalue weighted by Crippen LogP contribution is 2.22. The molecule has 0 aromatic heterocycles. The van der Waals surface area contributed by atoms with Crippen molar-refractivity contribution >= 4 is 27.5 Å². The number of halogens is 1. The fourth-order valence-electron chi connectivity index (χ4n) is 2.54. The Hall–Kier alpha value is -1.11. The smallest absolute Gasteiger partial charge is 0.238 e. The molecule has 1 aliphatic heterocycles. The number of amides is 1. The van der Waals surface area contributed by atoms with Crippen LogP contribution < -0.4 is 5.32 Å². The average Bonchev–Trinajstić information content (AvgIpc) is 2.88. The largest absolute Gasteiger partial charge is 0.348 e. The Balaban J connectivity index is 2.05. The van der Waals surface area contributed by atoms with E-state index in [1.807, 2.05) is 19.1 Å². The molecule has 0 spiro atoms. The first kappa shape index (κ1) is 16.3. The van der Waals surface area contributed by atoms with Crippen LogP contribution in [0.25, 0.3) is 0 Å². The average molecular weight is 331 g/mol. The molecule has 1 amide bonds. The van der Waals surface area contributed by atoms with Crippen LogP contribution in [0, 0.1) is 0 Å². The van der Waals surface area contributed by atoms with Crippen LogP contribution in [-0.4, -0.2) is 37.5 Å². The number of nitrogens with zero attached hydrogens (tertiary/aromatic N) is 1. The number of nitrogens with one attached hydrogen (secondary N) is 1. The lowest BCUT2D eigenvalue weighted by Crippen LogP contribution is -2.46. The molecule has 0 bridgehead atoms. The van der Waals surface area contributed by atoms with Gasteiger partial charge in [0, 0.05) is 11.6 Å². The highest BCUT2D eigenvalue weighted by molar-refractivity contribution is 7.88. The lowest BCUT2D eigenvalue weighted by atomic mass is 10.1. The zero-order valence-corrected chi connectivity index (χ0v) is 13.6. The van der Waals surface area contributed by atoms with Crippen molar-refractivity contribution in [2.24, 2.45) is 0 Å². The Morgan fingerprint density at radius 2 is 2.00 bits per heavy atom. The Kier molecular flexibility index (Phi) is 4.91. The maximum Gasteiger partial charge on any atom is 0.238 e. The molecule has 0 saturated carbocycles. The van der Waals surface area contributed by atoms with E-state index in [1.54, 1.807) is 12.1 Å². The Morgan fingerprint density at radius 1 is 1.38 bits per heavy atom. The van der Waals surface area contributed by atoms with Crippen LogP contribution in [0.15, 0.2) is 24.3 Å². The minimum Gasteiger partial charge on any atom is -0.348 e. The molecule has 116 valence electrons. The molecule has 7 heteroatoms. The number of sulfonamides is 1. The second-order valence-corrected chi connectivity index (χ2v) is 7.69. The minimum atomic E-state index is -3.35. The molecular formula is C14H19ClN2O3S. The topological polar surface area (TPSA) is 66.5 Å². The van der Waals surface area contributed by atoms with Gasteiger partial charge in [-0.15, -0.1) is 0 Å². The van der Waals surface area contributed by atoms with Gasteiger partial charge in [0.05, 0.1) is 12.3 Å². The number of carbonyl (C=O) groups is 1. The third-order valence-corrected chi connectivity index (χ3v) is 5.20. The van der Waals surface area contributed by atoms with Crippen LogP contribution in [0.5, 0.6) is 0 Å². The van der Waals surface area contributed by atoms with Gasteiger partial charge in [0.25, 0.3) is 0 Å². The van der Waals surface area contributed by atoms with E-state index in [4.69, 9.17) is 11.6 Å². The van der Waals surface area contributed by atoms with Crippen molar-refractivity contribution in [2.75, 3.05) is 12.8 Å². The first-order valence-corrected chi connectivity index (χ1v) is 9.04. The van der Waals surface area contributed by atoms with E-state index in [0.29, 0.717) is 24.4 Å². The summed E-state index contributed by atoms with van der Waals surface area (Å²) in [6, 6.07) is 6.41. The van der Waals surface area contributed by atoms with Gasteiger partial charge in [0.1, 0.15) is 6.04 Å². The second-order valence-electron chi connectivity index (χ2n) is 5.31. The van der Waals surface area contributed by atoms with Gasteiger partial charge >= 0.3 is 0 Å². The molecule has 1 aromatic carbocycles. The van der Waals surface area contributed by atoms with Crippen molar-refractivity contribution in [3.63, 3.8) is 0 Å². The summed E-state index contributed by atoms with van der Waals surface area (Å²) in [6.07, 6.45) is 2.41. The van der Waals surface area contributed by atoms with Crippen LogP contribution in [0.1, 0.15) is 31.4 Å². The predicted octanol–water partition coefficient (Wildman–Crippen LogP) is 1.94. The van der Waals surface area contributed by atoms with E-state index in [9.17, 15) is 13.2 Å². The Morgan fingerprint density at radius 3 is 2.57 bits per heavy atom. The summed E-state index contributed by atoms with van der Waals surface area (Å²) < 4.78 is 24.6. The van der Waals surface area contributed by atoms with Crippen LogP contribution in [0.2, 0.25) is 5.02 Å². The monoisotopic (exact) mass is 330 g/mol. The number of hydrogen-bond acceptors (Lipinski definition) is 3. The van der Waals surface area contributed by atoms with E-state index in [2.05, 4.69) is 5.32 Å². The van der Waals surface area contributed by atoms with Gasteiger partial charge in [0.15, 0.2) is 0 Å². The third kappa shape index (κ3) is 3.96. The first-order valence-electron chi connectivity index (χ1n) is 6.81. The standard InChI is InChI=1S/C14H19ClN2O3S/c1-10(11-5-7-12(15)8-6-11)16-14(18)13-4-3-9-17(13)21(2,19)20/h5-8,10,13H,3-4,9H2,1-2H3,(H,16,18)/t10-,13-/m1/s1. The first-order chi connectivity index (χ1) is 9.79. The minimum absolute atomic E-state index is 0.197. The van der Waals surface area contributed by atoms with Crippen LogP contribution in [-0.2, 0) is 14.8 Å². The molecular weight excluding hydrogens is 312 g/mol. The summed E-state index contributed by atoms with van der Waals surface area (Å²) in [6.45, 7) is 2.27. The summed E-state index contributed by atoms with van der Waals surface area (Å²) in [4.78, 5) is 12.3. The molecule has 1 aromatic rings. The van der Waals surface area contributed by atoms with Crippen molar-refractivity contribution in [1.29, 1.82) is 0 Å². The lowest BCUT2D eigenvalue weighted by Gasteiger charge is -2.23. The van der Waals surface area contributed by atoms with Crippen LogP contribution in [0.3, 0.4) is 0 Å². The predicted molar refractivity (Wildman–Crippen MR) is 82.6 cm³/mol. The van der Waals surface area contributed by atoms with Crippen molar-refractivity contribution in [2.45, 2.75) is 31.8 Å². The molecule has 0 radical (unpaired) electrons. The van der Waals surface area contributed by atoms with E-state index in [1.165, 1.54) is 4.31 Å². The molecule has 5 nitrogen and oxygen atoms in total. The fourth-order valence-corrected chi connectivity index (χ4v) is 3.79. The summed E-state index contributed by atoms with van der Waals surface area (Å²) >= 11 is 5.83. The van der Waals surface area contributed by atoms with Gasteiger partial charge in [-0.25, -0.2) is 8.42 Å². The SMILES string of the molecule is C[C@@H](NC(=O)[C@H]1CCCN1S(C)(=O)=O)c1ccc(Cl)cc1. The van der Waals surface area contributed by atoms with E-state index in [0.717, 1.165) is 11.8 Å². The number of hydrogen-bond donors (Lipinski definition) is 1. The highest BCUT2D eigenvalue weighted by atomic mass is 35.5. The molecule has 1 aliphatic rings. The summed E-state index contributed by atoms with van der Waals surface area (Å²) in [7, 11) is -3.35. The molecule has 2 atom stereocenters. The lowest BCUT2D eigenvalue weighted by molar-refractivity contribution is -0.124. The maximum atomic E-state index is 12.3. The van der Waals surface area contributed by atoms with Gasteiger partial charge in [-0.2, -0.15) is 4.31 Å². The van der Waals surface area contributed by atoms with Crippen molar-refractivity contribution in [3.8, 4) is 0 Å². The van der Waals surface area contributed by atoms with Crippen molar-refractivity contribution in [3.05, 3.63) is 34.9 Å². The van der Waals surface area contributed by atoms with Gasteiger partial charge in [-0.1, -0.05) is 23.7 Å². The molecule has 1 heterocycles. The van der Waals surface area contributed by atoms with Crippen LogP contribution >= 0.6 is 11.6 Å². The second kappa shape index (κ2) is 6.34. The molecule has 21 heavy (non-hydrogen) atoms. The quantitative estimate of drug-likeness (QED) is 0.917. The zero-order valence-electron chi connectivity index (χ0n) is 12.0. The van der Waals surface area contributed by atoms with Gasteiger partial charge < -0.3 is 5.32 Å². The Bertz CT molecular complexity index is 616. The fraction of sp³-hybridized carbons (Fsp3) is 0.500.